The first kappa shape index (κ1) is 19.4. The highest BCUT2D eigenvalue weighted by Gasteiger charge is 2.22. The van der Waals surface area contributed by atoms with Crippen molar-refractivity contribution in [3.05, 3.63) is 35.9 Å². The lowest BCUT2D eigenvalue weighted by Gasteiger charge is -2.34. The zero-order valence-electron chi connectivity index (χ0n) is 15.2. The second-order valence-electron chi connectivity index (χ2n) is 6.46. The molecule has 0 unspecified atom stereocenters. The summed E-state index contributed by atoms with van der Waals surface area (Å²) in [7, 11) is 0. The molecule has 1 aromatic carbocycles. The molecule has 0 radical (unpaired) electrons. The van der Waals surface area contributed by atoms with Crippen LogP contribution < -0.4 is 5.32 Å². The molecule has 25 heavy (non-hydrogen) atoms. The maximum atomic E-state index is 12.0. The smallest absolute Gasteiger partial charge is 0.320 e. The summed E-state index contributed by atoms with van der Waals surface area (Å²) >= 11 is 0. The van der Waals surface area contributed by atoms with Crippen LogP contribution >= 0.6 is 0 Å². The van der Waals surface area contributed by atoms with Crippen molar-refractivity contribution >= 4 is 11.9 Å². The average Bonchev–Trinajstić information content (AvgIpc) is 2.62. The van der Waals surface area contributed by atoms with Crippen molar-refractivity contribution in [3.8, 4) is 0 Å². The Morgan fingerprint density at radius 2 is 1.76 bits per heavy atom. The molecule has 1 aliphatic rings. The zero-order chi connectivity index (χ0) is 18.1. The van der Waals surface area contributed by atoms with Crippen LogP contribution in [0.3, 0.4) is 0 Å². The highest BCUT2D eigenvalue weighted by molar-refractivity contribution is 5.83. The third-order valence-corrected chi connectivity index (χ3v) is 4.29. The Morgan fingerprint density at radius 1 is 1.12 bits per heavy atom. The summed E-state index contributed by atoms with van der Waals surface area (Å²) in [6.07, 6.45) is 0.123. The predicted octanol–water partition coefficient (Wildman–Crippen LogP) is 1.26. The quantitative estimate of drug-likeness (QED) is 0.718. The van der Waals surface area contributed by atoms with Gasteiger partial charge in [0.1, 0.15) is 0 Å². The molecular weight excluding hydrogens is 318 g/mol. The Morgan fingerprint density at radius 3 is 2.40 bits per heavy atom. The van der Waals surface area contributed by atoms with Crippen LogP contribution in [0.5, 0.6) is 0 Å². The zero-order valence-corrected chi connectivity index (χ0v) is 15.2. The van der Waals surface area contributed by atoms with Gasteiger partial charge in [-0.15, -0.1) is 0 Å². The van der Waals surface area contributed by atoms with Gasteiger partial charge in [-0.1, -0.05) is 37.3 Å². The number of ether oxygens (including phenoxy) is 1. The van der Waals surface area contributed by atoms with E-state index >= 15 is 0 Å². The molecule has 6 heteroatoms. The largest absolute Gasteiger partial charge is 0.452 e. The highest BCUT2D eigenvalue weighted by Crippen LogP contribution is 2.08. The van der Waals surface area contributed by atoms with E-state index in [0.29, 0.717) is 6.54 Å². The van der Waals surface area contributed by atoms with Gasteiger partial charge in [-0.2, -0.15) is 0 Å². The van der Waals surface area contributed by atoms with Crippen LogP contribution in [0.15, 0.2) is 30.3 Å². The minimum Gasteiger partial charge on any atom is -0.452 e. The molecule has 0 aliphatic carbocycles. The van der Waals surface area contributed by atoms with Gasteiger partial charge in [-0.3, -0.25) is 19.4 Å². The standard InChI is InChI=1S/C19H29N3O3/c1-3-9-20-19(24)16(2)25-18(23)15-22-12-10-21(11-13-22)14-17-7-5-4-6-8-17/h4-8,16H,3,9-15H2,1-2H3,(H,20,24)/t16-/m0/s1. The molecule has 0 spiro atoms. The number of hydrogen-bond donors (Lipinski definition) is 1. The first-order valence-corrected chi connectivity index (χ1v) is 9.04. The van der Waals surface area contributed by atoms with Gasteiger partial charge in [-0.05, 0) is 18.9 Å². The molecule has 1 N–H and O–H groups in total. The van der Waals surface area contributed by atoms with E-state index < -0.39 is 6.10 Å². The summed E-state index contributed by atoms with van der Waals surface area (Å²) in [6, 6.07) is 10.4. The molecule has 1 aliphatic heterocycles. The van der Waals surface area contributed by atoms with Crippen LogP contribution in [-0.4, -0.2) is 67.0 Å². The minimum atomic E-state index is -0.738. The third kappa shape index (κ3) is 6.84. The van der Waals surface area contributed by atoms with Gasteiger partial charge < -0.3 is 10.1 Å². The summed E-state index contributed by atoms with van der Waals surface area (Å²) in [6.45, 7) is 8.89. The number of rotatable bonds is 8. The number of benzene rings is 1. The summed E-state index contributed by atoms with van der Waals surface area (Å²) in [5, 5.41) is 2.73. The van der Waals surface area contributed by atoms with Gasteiger partial charge in [0, 0.05) is 39.3 Å². The normalized spacial score (nSPS) is 17.0. The van der Waals surface area contributed by atoms with E-state index in [1.54, 1.807) is 6.92 Å². The fraction of sp³-hybridized carbons (Fsp3) is 0.579. The lowest BCUT2D eigenvalue weighted by atomic mass is 10.2. The lowest BCUT2D eigenvalue weighted by molar-refractivity contribution is -0.156. The van der Waals surface area contributed by atoms with E-state index in [4.69, 9.17) is 4.74 Å². The lowest BCUT2D eigenvalue weighted by Crippen LogP contribution is -2.48. The number of amides is 1. The van der Waals surface area contributed by atoms with Gasteiger partial charge in [0.15, 0.2) is 6.10 Å². The fourth-order valence-electron chi connectivity index (χ4n) is 2.81. The molecule has 0 saturated carbocycles. The van der Waals surface area contributed by atoms with Crippen molar-refractivity contribution in [1.82, 2.24) is 15.1 Å². The number of nitrogens with zero attached hydrogens (tertiary/aromatic N) is 2. The van der Waals surface area contributed by atoms with E-state index in [1.807, 2.05) is 13.0 Å². The van der Waals surface area contributed by atoms with Gasteiger partial charge >= 0.3 is 5.97 Å². The Hall–Kier alpha value is -1.92. The van der Waals surface area contributed by atoms with Crippen LogP contribution in [0.4, 0.5) is 0 Å². The fourth-order valence-corrected chi connectivity index (χ4v) is 2.81. The highest BCUT2D eigenvalue weighted by atomic mass is 16.5. The second-order valence-corrected chi connectivity index (χ2v) is 6.46. The van der Waals surface area contributed by atoms with Crippen molar-refractivity contribution in [1.29, 1.82) is 0 Å². The molecule has 6 nitrogen and oxygen atoms in total. The van der Waals surface area contributed by atoms with Crippen LogP contribution in [0, 0.1) is 0 Å². The van der Waals surface area contributed by atoms with Crippen molar-refractivity contribution in [2.75, 3.05) is 39.3 Å². The average molecular weight is 347 g/mol. The topological polar surface area (TPSA) is 61.9 Å². The van der Waals surface area contributed by atoms with Gasteiger partial charge in [0.25, 0.3) is 5.91 Å². The van der Waals surface area contributed by atoms with E-state index in [9.17, 15) is 9.59 Å². The number of piperazine rings is 1. The molecule has 1 fully saturated rings. The Balaban J connectivity index is 1.67. The molecule has 0 bridgehead atoms. The summed E-state index contributed by atoms with van der Waals surface area (Å²) in [4.78, 5) is 28.2. The monoisotopic (exact) mass is 347 g/mol. The van der Waals surface area contributed by atoms with Crippen LogP contribution in [0.25, 0.3) is 0 Å². The molecular formula is C19H29N3O3. The van der Waals surface area contributed by atoms with Crippen molar-refractivity contribution in [2.45, 2.75) is 32.9 Å². The number of hydrogen-bond acceptors (Lipinski definition) is 5. The van der Waals surface area contributed by atoms with E-state index in [0.717, 1.165) is 39.1 Å². The summed E-state index contributed by atoms with van der Waals surface area (Å²) in [5.74, 6) is -0.571. The van der Waals surface area contributed by atoms with Gasteiger partial charge in [-0.25, -0.2) is 0 Å². The van der Waals surface area contributed by atoms with Gasteiger partial charge in [0.05, 0.1) is 6.54 Å². The SMILES string of the molecule is CCCNC(=O)[C@H](C)OC(=O)CN1CCN(Cc2ccccc2)CC1. The molecule has 0 aromatic heterocycles. The van der Waals surface area contributed by atoms with E-state index in [-0.39, 0.29) is 18.4 Å². The van der Waals surface area contributed by atoms with Crippen molar-refractivity contribution in [3.63, 3.8) is 0 Å². The number of esters is 1. The summed E-state index contributed by atoms with van der Waals surface area (Å²) < 4.78 is 5.23. The van der Waals surface area contributed by atoms with Crippen LogP contribution in [0.1, 0.15) is 25.8 Å². The molecule has 2 rings (SSSR count). The Bertz CT molecular complexity index is 542. The summed E-state index contributed by atoms with van der Waals surface area (Å²) in [5.41, 5.74) is 1.31. The van der Waals surface area contributed by atoms with E-state index in [2.05, 4.69) is 39.4 Å². The first-order chi connectivity index (χ1) is 12.1. The minimum absolute atomic E-state index is 0.233. The number of nitrogens with one attached hydrogen (secondary N) is 1. The first-order valence-electron chi connectivity index (χ1n) is 9.04. The van der Waals surface area contributed by atoms with Crippen molar-refractivity contribution < 1.29 is 14.3 Å². The number of carbonyl (C=O) groups is 2. The molecule has 1 aromatic rings. The van der Waals surface area contributed by atoms with Crippen LogP contribution in [0.2, 0.25) is 0 Å². The third-order valence-electron chi connectivity index (χ3n) is 4.29. The molecule has 138 valence electrons. The maximum absolute atomic E-state index is 12.0. The Kier molecular flexibility index (Phi) is 7.88. The molecule has 1 saturated heterocycles. The van der Waals surface area contributed by atoms with E-state index in [1.165, 1.54) is 5.56 Å². The second kappa shape index (κ2) is 10.2. The Labute approximate surface area is 150 Å². The predicted molar refractivity (Wildman–Crippen MR) is 97.0 cm³/mol. The maximum Gasteiger partial charge on any atom is 0.320 e. The van der Waals surface area contributed by atoms with Crippen LogP contribution in [-0.2, 0) is 20.9 Å². The molecule has 1 heterocycles. The van der Waals surface area contributed by atoms with Crippen molar-refractivity contribution in [2.24, 2.45) is 0 Å². The molecule has 1 amide bonds. The number of carbonyl (C=O) groups excluding carboxylic acids is 2. The van der Waals surface area contributed by atoms with Gasteiger partial charge in [0.2, 0.25) is 0 Å². The molecule has 1 atom stereocenters.